The van der Waals surface area contributed by atoms with Gasteiger partial charge in [-0.15, -0.1) is 0 Å². The molecule has 3 aliphatic heterocycles. The van der Waals surface area contributed by atoms with Gasteiger partial charge in [-0.1, -0.05) is 38.2 Å². The van der Waals surface area contributed by atoms with Crippen LogP contribution in [0.4, 0.5) is 0 Å². The Morgan fingerprint density at radius 3 is 2.50 bits per heavy atom. The van der Waals surface area contributed by atoms with E-state index in [0.29, 0.717) is 11.8 Å². The van der Waals surface area contributed by atoms with Crippen molar-refractivity contribution in [3.8, 4) is 0 Å². The van der Waals surface area contributed by atoms with E-state index in [0.717, 1.165) is 25.7 Å². The third kappa shape index (κ3) is 3.05. The lowest BCUT2D eigenvalue weighted by Crippen LogP contribution is -2.49. The predicted octanol–water partition coefficient (Wildman–Crippen LogP) is 5.04. The highest BCUT2D eigenvalue weighted by molar-refractivity contribution is 5.15. The fraction of sp³-hybridized carbons (Fsp3) is 0.800. The van der Waals surface area contributed by atoms with Gasteiger partial charge in [-0.3, -0.25) is 0 Å². The van der Waals surface area contributed by atoms with E-state index in [1.807, 2.05) is 0 Å². The van der Waals surface area contributed by atoms with Crippen LogP contribution < -0.4 is 0 Å². The third-order valence-corrected chi connectivity index (χ3v) is 5.98. The van der Waals surface area contributed by atoms with Crippen LogP contribution in [0.5, 0.6) is 0 Å². The zero-order valence-electron chi connectivity index (χ0n) is 14.9. The SMILES string of the molecule is CC(C)[C@H]1C=C[C@@]2(C)C/C=C/[C@]3(C)CC[C@@H](O3)[C@](C)(CC1)O2. The molecular formula is C20H32O2. The Morgan fingerprint density at radius 1 is 1.00 bits per heavy atom. The van der Waals surface area contributed by atoms with Gasteiger partial charge in [-0.05, 0) is 64.7 Å². The average molecular weight is 304 g/mol. The van der Waals surface area contributed by atoms with Crippen LogP contribution in [0.3, 0.4) is 0 Å². The number of ether oxygens (including phenoxy) is 2. The molecule has 0 aromatic rings. The molecule has 1 saturated heterocycles. The van der Waals surface area contributed by atoms with E-state index < -0.39 is 0 Å². The predicted molar refractivity (Wildman–Crippen MR) is 90.9 cm³/mol. The monoisotopic (exact) mass is 304 g/mol. The van der Waals surface area contributed by atoms with Gasteiger partial charge in [0.1, 0.15) is 0 Å². The molecule has 0 spiro atoms. The molecular weight excluding hydrogens is 272 g/mol. The van der Waals surface area contributed by atoms with Gasteiger partial charge in [0.25, 0.3) is 0 Å². The Bertz CT molecular complexity index is 480. The van der Waals surface area contributed by atoms with E-state index in [1.54, 1.807) is 0 Å². The molecule has 0 aliphatic carbocycles. The summed E-state index contributed by atoms with van der Waals surface area (Å²) < 4.78 is 13.2. The second kappa shape index (κ2) is 5.49. The number of allylic oxidation sites excluding steroid dienone is 1. The summed E-state index contributed by atoms with van der Waals surface area (Å²) in [7, 11) is 0. The Balaban J connectivity index is 1.98. The Kier molecular flexibility index (Phi) is 4.06. The van der Waals surface area contributed by atoms with Gasteiger partial charge in [-0.25, -0.2) is 0 Å². The maximum Gasteiger partial charge on any atom is 0.0927 e. The standard InChI is InChI=1S/C20H32O2/c1-15(2)16-7-12-19(4)11-6-10-18(3)13-9-17(21-18)20(5,22-19)14-8-16/h6-7,10,12,15-17H,8-9,11,13-14H2,1-5H3/b10-6+,12-7?/t16-,17+,18+,19+,20-/m0/s1. The Labute approximate surface area is 136 Å². The molecule has 0 aromatic carbocycles. The van der Waals surface area contributed by atoms with Crippen molar-refractivity contribution in [2.45, 2.75) is 89.6 Å². The number of hydrogen-bond donors (Lipinski definition) is 0. The second-order valence-corrected chi connectivity index (χ2v) is 8.60. The third-order valence-electron chi connectivity index (χ3n) is 5.98. The lowest BCUT2D eigenvalue weighted by molar-refractivity contribution is -0.189. The zero-order valence-corrected chi connectivity index (χ0v) is 14.9. The molecule has 0 saturated carbocycles. The van der Waals surface area contributed by atoms with Gasteiger partial charge in [0.15, 0.2) is 0 Å². The van der Waals surface area contributed by atoms with Gasteiger partial charge < -0.3 is 9.47 Å². The van der Waals surface area contributed by atoms with Crippen molar-refractivity contribution in [2.24, 2.45) is 11.8 Å². The van der Waals surface area contributed by atoms with Crippen molar-refractivity contribution in [1.82, 2.24) is 0 Å². The van der Waals surface area contributed by atoms with Gasteiger partial charge >= 0.3 is 0 Å². The molecule has 2 heteroatoms. The molecule has 1 fully saturated rings. The average Bonchev–Trinajstić information content (AvgIpc) is 2.80. The quantitative estimate of drug-likeness (QED) is 0.632. The summed E-state index contributed by atoms with van der Waals surface area (Å²) in [6.07, 6.45) is 14.9. The molecule has 3 rings (SSSR count). The van der Waals surface area contributed by atoms with Crippen LogP contribution in [0.1, 0.15) is 66.7 Å². The van der Waals surface area contributed by atoms with Crippen LogP contribution in [-0.2, 0) is 9.47 Å². The van der Waals surface area contributed by atoms with Gasteiger partial charge in [-0.2, -0.15) is 0 Å². The first kappa shape index (κ1) is 16.3. The zero-order chi connectivity index (χ0) is 16.0. The molecule has 4 bridgehead atoms. The van der Waals surface area contributed by atoms with Crippen LogP contribution in [0, 0.1) is 11.8 Å². The van der Waals surface area contributed by atoms with E-state index in [9.17, 15) is 0 Å². The molecule has 0 radical (unpaired) electrons. The van der Waals surface area contributed by atoms with Crippen molar-refractivity contribution in [2.75, 3.05) is 0 Å². The van der Waals surface area contributed by atoms with Gasteiger partial charge in [0, 0.05) is 0 Å². The summed E-state index contributed by atoms with van der Waals surface area (Å²) in [5.74, 6) is 1.32. The highest BCUT2D eigenvalue weighted by Crippen LogP contribution is 2.45. The first-order valence-corrected chi connectivity index (χ1v) is 8.99. The van der Waals surface area contributed by atoms with Crippen LogP contribution in [0.2, 0.25) is 0 Å². The fourth-order valence-corrected chi connectivity index (χ4v) is 4.34. The molecule has 3 aliphatic rings. The maximum absolute atomic E-state index is 6.73. The molecule has 22 heavy (non-hydrogen) atoms. The lowest BCUT2D eigenvalue weighted by atomic mass is 9.80. The maximum atomic E-state index is 6.73. The Hall–Kier alpha value is -0.600. The first-order chi connectivity index (χ1) is 10.2. The minimum atomic E-state index is -0.219. The largest absolute Gasteiger partial charge is 0.365 e. The van der Waals surface area contributed by atoms with Crippen molar-refractivity contribution in [1.29, 1.82) is 0 Å². The van der Waals surface area contributed by atoms with E-state index in [2.05, 4.69) is 58.9 Å². The minimum Gasteiger partial charge on any atom is -0.365 e. The van der Waals surface area contributed by atoms with Crippen LogP contribution in [-0.4, -0.2) is 22.9 Å². The molecule has 0 aromatic heterocycles. The first-order valence-electron chi connectivity index (χ1n) is 8.99. The molecule has 3 heterocycles. The summed E-state index contributed by atoms with van der Waals surface area (Å²) >= 11 is 0. The van der Waals surface area contributed by atoms with Crippen LogP contribution >= 0.6 is 0 Å². The van der Waals surface area contributed by atoms with Gasteiger partial charge in [0.05, 0.1) is 22.9 Å². The Morgan fingerprint density at radius 2 is 1.77 bits per heavy atom. The van der Waals surface area contributed by atoms with Crippen molar-refractivity contribution in [3.63, 3.8) is 0 Å². The summed E-state index contributed by atoms with van der Waals surface area (Å²) in [5.41, 5.74) is -0.505. The molecule has 0 amide bonds. The highest BCUT2D eigenvalue weighted by atomic mass is 16.6. The van der Waals surface area contributed by atoms with Crippen molar-refractivity contribution < 1.29 is 9.47 Å². The molecule has 0 N–H and O–H groups in total. The topological polar surface area (TPSA) is 18.5 Å². The lowest BCUT2D eigenvalue weighted by Gasteiger charge is -2.44. The number of fused-ring (bicyclic) bond motifs is 5. The molecule has 0 unspecified atom stereocenters. The summed E-state index contributed by atoms with van der Waals surface area (Å²) in [5, 5.41) is 0. The van der Waals surface area contributed by atoms with E-state index in [4.69, 9.17) is 9.47 Å². The number of rotatable bonds is 1. The summed E-state index contributed by atoms with van der Waals surface area (Å²) in [6, 6.07) is 0. The molecule has 5 atom stereocenters. The van der Waals surface area contributed by atoms with E-state index in [1.165, 1.54) is 6.42 Å². The highest BCUT2D eigenvalue weighted by Gasteiger charge is 2.49. The van der Waals surface area contributed by atoms with Crippen LogP contribution in [0.25, 0.3) is 0 Å². The van der Waals surface area contributed by atoms with E-state index >= 15 is 0 Å². The smallest absolute Gasteiger partial charge is 0.0927 e. The van der Waals surface area contributed by atoms with Crippen molar-refractivity contribution >= 4 is 0 Å². The number of hydrogen-bond acceptors (Lipinski definition) is 2. The van der Waals surface area contributed by atoms with Crippen LogP contribution in [0.15, 0.2) is 24.3 Å². The second-order valence-electron chi connectivity index (χ2n) is 8.60. The summed E-state index contributed by atoms with van der Waals surface area (Å²) in [4.78, 5) is 0. The normalized spacial score (nSPS) is 49.9. The minimum absolute atomic E-state index is 0.101. The molecule has 2 nitrogen and oxygen atoms in total. The summed E-state index contributed by atoms with van der Waals surface area (Å²) in [6.45, 7) is 11.4. The van der Waals surface area contributed by atoms with Crippen molar-refractivity contribution in [3.05, 3.63) is 24.3 Å². The molecule has 124 valence electrons. The van der Waals surface area contributed by atoms with Gasteiger partial charge in [0.2, 0.25) is 0 Å². The van der Waals surface area contributed by atoms with E-state index in [-0.39, 0.29) is 22.9 Å². The fourth-order valence-electron chi connectivity index (χ4n) is 4.34.